The fraction of sp³-hybridized carbons (Fsp3) is 0.111. The highest BCUT2D eigenvalue weighted by atomic mass is 32.1. The highest BCUT2D eigenvalue weighted by molar-refractivity contribution is 7.71. The third-order valence-electron chi connectivity index (χ3n) is 2.06. The first-order valence-electron chi connectivity index (χ1n) is 4.27. The van der Waals surface area contributed by atoms with Crippen molar-refractivity contribution in [3.63, 3.8) is 0 Å². The quantitative estimate of drug-likeness (QED) is 0.618. The molecule has 0 aliphatic rings. The minimum atomic E-state index is -1.53. The predicted octanol–water partition coefficient (Wildman–Crippen LogP) is 2.56. The van der Waals surface area contributed by atoms with Gasteiger partial charge in [0.25, 0.3) is 0 Å². The summed E-state index contributed by atoms with van der Waals surface area (Å²) in [5, 5.41) is 2.62. The van der Waals surface area contributed by atoms with Crippen LogP contribution in [-0.2, 0) is 7.05 Å². The summed E-state index contributed by atoms with van der Waals surface area (Å²) < 4.78 is 40.6. The van der Waals surface area contributed by atoms with Gasteiger partial charge in [0.1, 0.15) is 0 Å². The molecular formula is C9H6F3N3S. The molecule has 1 aromatic carbocycles. The van der Waals surface area contributed by atoms with Crippen molar-refractivity contribution in [1.82, 2.24) is 14.8 Å². The number of nitrogens with zero attached hydrogens (tertiary/aromatic N) is 2. The summed E-state index contributed by atoms with van der Waals surface area (Å²) in [4.78, 5) is 3.81. The lowest BCUT2D eigenvalue weighted by molar-refractivity contribution is 0.448. The zero-order valence-corrected chi connectivity index (χ0v) is 8.91. The van der Waals surface area contributed by atoms with Crippen molar-refractivity contribution in [2.75, 3.05) is 0 Å². The number of aryl methyl sites for hydroxylation is 1. The predicted molar refractivity (Wildman–Crippen MR) is 53.7 cm³/mol. The van der Waals surface area contributed by atoms with Crippen LogP contribution in [0, 0.1) is 22.2 Å². The van der Waals surface area contributed by atoms with Gasteiger partial charge in [-0.05, 0) is 24.4 Å². The van der Waals surface area contributed by atoms with Crippen LogP contribution in [0.3, 0.4) is 0 Å². The van der Waals surface area contributed by atoms with Crippen molar-refractivity contribution >= 4 is 12.2 Å². The molecule has 0 saturated heterocycles. The molecule has 0 amide bonds. The smallest absolute Gasteiger partial charge is 0.216 e. The van der Waals surface area contributed by atoms with Gasteiger partial charge in [0.2, 0.25) is 4.77 Å². The van der Waals surface area contributed by atoms with E-state index >= 15 is 0 Å². The Kier molecular flexibility index (Phi) is 2.55. The first-order valence-corrected chi connectivity index (χ1v) is 4.68. The summed E-state index contributed by atoms with van der Waals surface area (Å²) in [6.45, 7) is 0. The maximum atomic E-state index is 13.4. The van der Waals surface area contributed by atoms with Crippen LogP contribution in [0.1, 0.15) is 0 Å². The Labute approximate surface area is 93.5 Å². The van der Waals surface area contributed by atoms with Gasteiger partial charge in [0.15, 0.2) is 23.3 Å². The number of nitrogens with one attached hydrogen (secondary N) is 1. The average molecular weight is 245 g/mol. The third-order valence-corrected chi connectivity index (χ3v) is 2.42. The summed E-state index contributed by atoms with van der Waals surface area (Å²) in [5.41, 5.74) is -0.161. The SMILES string of the molecule is Cn1[nH]c(-c2ccc(F)c(F)c2F)nc1=S. The van der Waals surface area contributed by atoms with E-state index in [0.29, 0.717) is 0 Å². The Hall–Kier alpha value is -1.63. The molecule has 1 N–H and O–H groups in total. The highest BCUT2D eigenvalue weighted by Gasteiger charge is 2.16. The first-order chi connectivity index (χ1) is 7.50. The summed E-state index contributed by atoms with van der Waals surface area (Å²) >= 11 is 4.81. The molecule has 2 rings (SSSR count). The van der Waals surface area contributed by atoms with Crippen LogP contribution < -0.4 is 0 Å². The average Bonchev–Trinajstić information content (AvgIpc) is 2.56. The topological polar surface area (TPSA) is 33.6 Å². The van der Waals surface area contributed by atoms with Crippen LogP contribution >= 0.6 is 12.2 Å². The molecule has 84 valence electrons. The van der Waals surface area contributed by atoms with Gasteiger partial charge in [-0.15, -0.1) is 0 Å². The van der Waals surface area contributed by atoms with Crippen LogP contribution in [0.5, 0.6) is 0 Å². The largest absolute Gasteiger partial charge is 0.279 e. The van der Waals surface area contributed by atoms with Crippen molar-refractivity contribution in [3.05, 3.63) is 34.4 Å². The standard InChI is InChI=1S/C9H6F3N3S/c1-15-9(16)13-8(14-15)4-2-3-5(10)7(12)6(4)11/h2-3H,1H3,(H,13,14,16). The van der Waals surface area contributed by atoms with E-state index in [9.17, 15) is 13.2 Å². The van der Waals surface area contributed by atoms with Crippen LogP contribution in [0.4, 0.5) is 13.2 Å². The van der Waals surface area contributed by atoms with E-state index in [4.69, 9.17) is 12.2 Å². The monoisotopic (exact) mass is 245 g/mol. The molecule has 2 aromatic rings. The maximum absolute atomic E-state index is 13.4. The van der Waals surface area contributed by atoms with Gasteiger partial charge in [-0.2, -0.15) is 4.98 Å². The zero-order valence-electron chi connectivity index (χ0n) is 8.09. The van der Waals surface area contributed by atoms with Crippen molar-refractivity contribution < 1.29 is 13.2 Å². The lowest BCUT2D eigenvalue weighted by atomic mass is 10.2. The molecule has 0 radical (unpaired) electrons. The van der Waals surface area contributed by atoms with E-state index in [1.807, 2.05) is 0 Å². The van der Waals surface area contributed by atoms with Crippen LogP contribution in [0.25, 0.3) is 11.4 Å². The highest BCUT2D eigenvalue weighted by Crippen LogP contribution is 2.22. The molecule has 3 nitrogen and oxygen atoms in total. The third kappa shape index (κ3) is 1.63. The van der Waals surface area contributed by atoms with E-state index in [1.54, 1.807) is 7.05 Å². The molecule has 1 heterocycles. The Balaban J connectivity index is 2.65. The van der Waals surface area contributed by atoms with Crippen LogP contribution in [0.2, 0.25) is 0 Å². The summed E-state index contributed by atoms with van der Waals surface area (Å²) in [7, 11) is 1.58. The van der Waals surface area contributed by atoms with E-state index < -0.39 is 17.5 Å². The Morgan fingerprint density at radius 3 is 2.50 bits per heavy atom. The number of H-pyrrole nitrogens is 1. The minimum absolute atomic E-state index is 0.0592. The molecule has 0 aliphatic heterocycles. The van der Waals surface area contributed by atoms with Crippen molar-refractivity contribution in [2.24, 2.45) is 7.05 Å². The molecule has 16 heavy (non-hydrogen) atoms. The molecular weight excluding hydrogens is 239 g/mol. The van der Waals surface area contributed by atoms with Gasteiger partial charge in [-0.25, -0.2) is 13.2 Å². The van der Waals surface area contributed by atoms with Crippen LogP contribution in [0.15, 0.2) is 12.1 Å². The lowest BCUT2D eigenvalue weighted by Gasteiger charge is -2.00. The number of benzene rings is 1. The molecule has 0 spiro atoms. The van der Waals surface area contributed by atoms with Gasteiger partial charge in [-0.1, -0.05) is 0 Å². The van der Waals surface area contributed by atoms with Crippen molar-refractivity contribution in [2.45, 2.75) is 0 Å². The summed E-state index contributed by atoms with van der Waals surface area (Å²) in [6, 6.07) is 1.93. The molecule has 0 bridgehead atoms. The number of aromatic amines is 1. The van der Waals surface area contributed by atoms with E-state index in [1.165, 1.54) is 4.68 Å². The second-order valence-electron chi connectivity index (χ2n) is 3.14. The molecule has 0 aliphatic carbocycles. The maximum Gasteiger partial charge on any atom is 0.216 e. The number of hydrogen-bond donors (Lipinski definition) is 1. The second kappa shape index (κ2) is 3.75. The molecule has 0 unspecified atom stereocenters. The van der Waals surface area contributed by atoms with Gasteiger partial charge in [-0.3, -0.25) is 9.78 Å². The number of halogens is 3. The second-order valence-corrected chi connectivity index (χ2v) is 3.50. The van der Waals surface area contributed by atoms with Gasteiger partial charge >= 0.3 is 0 Å². The Bertz CT molecular complexity index is 603. The Morgan fingerprint density at radius 1 is 1.25 bits per heavy atom. The first kappa shape index (κ1) is 10.9. The Morgan fingerprint density at radius 2 is 1.94 bits per heavy atom. The van der Waals surface area contributed by atoms with E-state index in [2.05, 4.69) is 10.1 Å². The normalized spacial score (nSPS) is 10.8. The molecule has 0 atom stereocenters. The van der Waals surface area contributed by atoms with E-state index in [-0.39, 0.29) is 16.2 Å². The van der Waals surface area contributed by atoms with E-state index in [0.717, 1.165) is 12.1 Å². The minimum Gasteiger partial charge on any atom is -0.279 e. The van der Waals surface area contributed by atoms with Gasteiger partial charge in [0.05, 0.1) is 5.56 Å². The number of aromatic nitrogens is 3. The number of rotatable bonds is 1. The number of hydrogen-bond acceptors (Lipinski definition) is 2. The van der Waals surface area contributed by atoms with Crippen LogP contribution in [-0.4, -0.2) is 14.8 Å². The fourth-order valence-electron chi connectivity index (χ4n) is 1.23. The van der Waals surface area contributed by atoms with Crippen molar-refractivity contribution in [3.8, 4) is 11.4 Å². The molecule has 0 saturated carbocycles. The molecule has 7 heteroatoms. The van der Waals surface area contributed by atoms with Crippen molar-refractivity contribution in [1.29, 1.82) is 0 Å². The molecule has 1 aromatic heterocycles. The summed E-state index contributed by atoms with van der Waals surface area (Å²) in [5.74, 6) is -3.99. The lowest BCUT2D eigenvalue weighted by Crippen LogP contribution is -1.96. The molecule has 0 fully saturated rings. The fourth-order valence-corrected chi connectivity index (χ4v) is 1.37. The van der Waals surface area contributed by atoms with Gasteiger partial charge in [0, 0.05) is 7.05 Å². The zero-order chi connectivity index (χ0) is 11.9. The van der Waals surface area contributed by atoms with Gasteiger partial charge < -0.3 is 0 Å². The summed E-state index contributed by atoms with van der Waals surface area (Å²) in [6.07, 6.45) is 0.